The lowest BCUT2D eigenvalue weighted by atomic mass is 9.85. The van der Waals surface area contributed by atoms with Crippen molar-refractivity contribution in [3.63, 3.8) is 0 Å². The van der Waals surface area contributed by atoms with Crippen LogP contribution in [-0.4, -0.2) is 44.8 Å². The van der Waals surface area contributed by atoms with Crippen molar-refractivity contribution in [3.05, 3.63) is 23.8 Å². The highest BCUT2D eigenvalue weighted by Crippen LogP contribution is 2.49. The Bertz CT molecular complexity index is 510. The molecule has 2 aliphatic rings. The summed E-state index contributed by atoms with van der Waals surface area (Å²) in [5.41, 5.74) is 1.23. The fraction of sp³-hybridized carbons (Fsp3) is 0.667. The molecule has 0 saturated heterocycles. The van der Waals surface area contributed by atoms with Crippen LogP contribution in [0.15, 0.2) is 18.2 Å². The van der Waals surface area contributed by atoms with Gasteiger partial charge < -0.3 is 19.7 Å². The topological polar surface area (TPSA) is 33.7 Å². The van der Waals surface area contributed by atoms with Gasteiger partial charge in [-0.05, 0) is 51.9 Å². The molecular weight excluding hydrogens is 276 g/mol. The lowest BCUT2D eigenvalue weighted by Crippen LogP contribution is -2.43. The van der Waals surface area contributed by atoms with Gasteiger partial charge in [-0.2, -0.15) is 0 Å². The van der Waals surface area contributed by atoms with Gasteiger partial charge in [-0.1, -0.05) is 6.07 Å². The van der Waals surface area contributed by atoms with Gasteiger partial charge in [0, 0.05) is 25.6 Å². The molecule has 1 spiro atoms. The van der Waals surface area contributed by atoms with Crippen LogP contribution in [0.2, 0.25) is 0 Å². The van der Waals surface area contributed by atoms with Gasteiger partial charge in [0.05, 0.1) is 12.7 Å². The van der Waals surface area contributed by atoms with E-state index in [4.69, 9.17) is 9.47 Å². The minimum Gasteiger partial charge on any atom is -0.496 e. The SMILES string of the molecule is COc1cccc2c1C(NCCN(C)C)CC1(CCCC1)O2. The second-order valence-electron chi connectivity index (χ2n) is 6.88. The minimum atomic E-state index is 0.0369. The Morgan fingerprint density at radius 1 is 1.32 bits per heavy atom. The largest absolute Gasteiger partial charge is 0.496 e. The van der Waals surface area contributed by atoms with Crippen LogP contribution in [0.4, 0.5) is 0 Å². The third kappa shape index (κ3) is 3.08. The van der Waals surface area contributed by atoms with Crippen LogP contribution in [0.25, 0.3) is 0 Å². The zero-order valence-electron chi connectivity index (χ0n) is 14.0. The second-order valence-corrected chi connectivity index (χ2v) is 6.88. The number of rotatable bonds is 5. The average molecular weight is 304 g/mol. The normalized spacial score (nSPS) is 22.6. The number of benzene rings is 1. The first-order chi connectivity index (χ1) is 10.6. The Morgan fingerprint density at radius 3 is 2.77 bits per heavy atom. The molecule has 1 atom stereocenters. The quantitative estimate of drug-likeness (QED) is 0.907. The van der Waals surface area contributed by atoms with Gasteiger partial charge in [0.1, 0.15) is 17.1 Å². The van der Waals surface area contributed by atoms with E-state index >= 15 is 0 Å². The number of methoxy groups -OCH3 is 1. The Balaban J connectivity index is 1.86. The Hall–Kier alpha value is -1.26. The first kappa shape index (κ1) is 15.6. The Morgan fingerprint density at radius 2 is 2.09 bits per heavy atom. The van der Waals surface area contributed by atoms with Crippen LogP contribution in [-0.2, 0) is 0 Å². The lowest BCUT2D eigenvalue weighted by Gasteiger charge is -2.41. The van der Waals surface area contributed by atoms with Crippen molar-refractivity contribution in [2.75, 3.05) is 34.3 Å². The average Bonchev–Trinajstić information content (AvgIpc) is 2.93. The summed E-state index contributed by atoms with van der Waals surface area (Å²) in [6.45, 7) is 2.01. The molecule has 1 saturated carbocycles. The molecule has 1 aromatic carbocycles. The maximum atomic E-state index is 6.45. The molecule has 0 radical (unpaired) electrons. The number of hydrogen-bond donors (Lipinski definition) is 1. The second kappa shape index (κ2) is 6.47. The highest BCUT2D eigenvalue weighted by molar-refractivity contribution is 5.49. The highest BCUT2D eigenvalue weighted by atomic mass is 16.5. The summed E-state index contributed by atoms with van der Waals surface area (Å²) in [4.78, 5) is 2.21. The van der Waals surface area contributed by atoms with Crippen molar-refractivity contribution < 1.29 is 9.47 Å². The molecule has 0 aromatic heterocycles. The smallest absolute Gasteiger partial charge is 0.128 e. The molecule has 1 aliphatic heterocycles. The maximum Gasteiger partial charge on any atom is 0.128 e. The van der Waals surface area contributed by atoms with Crippen molar-refractivity contribution in [1.82, 2.24) is 10.2 Å². The van der Waals surface area contributed by atoms with Gasteiger partial charge >= 0.3 is 0 Å². The summed E-state index contributed by atoms with van der Waals surface area (Å²) in [6, 6.07) is 6.48. The molecule has 0 bridgehead atoms. The van der Waals surface area contributed by atoms with Crippen molar-refractivity contribution in [2.45, 2.75) is 43.7 Å². The van der Waals surface area contributed by atoms with E-state index in [0.29, 0.717) is 6.04 Å². The van der Waals surface area contributed by atoms with Crippen molar-refractivity contribution in [2.24, 2.45) is 0 Å². The molecule has 1 aromatic rings. The highest BCUT2D eigenvalue weighted by Gasteiger charge is 2.43. The predicted octanol–water partition coefficient (Wildman–Crippen LogP) is 2.98. The van der Waals surface area contributed by atoms with Gasteiger partial charge in [0.25, 0.3) is 0 Å². The van der Waals surface area contributed by atoms with E-state index in [-0.39, 0.29) is 5.60 Å². The van der Waals surface area contributed by atoms with E-state index in [0.717, 1.165) is 31.0 Å². The summed E-state index contributed by atoms with van der Waals surface area (Å²) in [5, 5.41) is 3.73. The van der Waals surface area contributed by atoms with E-state index < -0.39 is 0 Å². The molecule has 1 aliphatic carbocycles. The molecule has 0 amide bonds. The molecule has 1 unspecified atom stereocenters. The zero-order valence-corrected chi connectivity index (χ0v) is 14.0. The zero-order chi connectivity index (χ0) is 15.6. The summed E-state index contributed by atoms with van der Waals surface area (Å²) in [5.74, 6) is 1.95. The molecule has 4 nitrogen and oxygen atoms in total. The van der Waals surface area contributed by atoms with Crippen LogP contribution in [0.1, 0.15) is 43.7 Å². The maximum absolute atomic E-state index is 6.45. The molecule has 4 heteroatoms. The third-order valence-electron chi connectivity index (χ3n) is 4.96. The molecule has 122 valence electrons. The van der Waals surface area contributed by atoms with Gasteiger partial charge in [-0.15, -0.1) is 0 Å². The molecule has 1 N–H and O–H groups in total. The van der Waals surface area contributed by atoms with Gasteiger partial charge in [0.15, 0.2) is 0 Å². The van der Waals surface area contributed by atoms with Gasteiger partial charge in [-0.3, -0.25) is 0 Å². The van der Waals surface area contributed by atoms with Gasteiger partial charge in [0.2, 0.25) is 0 Å². The summed E-state index contributed by atoms with van der Waals surface area (Å²) < 4.78 is 12.0. The number of likely N-dealkylation sites (N-methyl/N-ethyl adjacent to an activating group) is 1. The number of nitrogens with one attached hydrogen (secondary N) is 1. The van der Waals surface area contributed by atoms with Gasteiger partial charge in [-0.25, -0.2) is 0 Å². The number of ether oxygens (including phenoxy) is 2. The van der Waals surface area contributed by atoms with Crippen LogP contribution < -0.4 is 14.8 Å². The first-order valence-corrected chi connectivity index (χ1v) is 8.38. The standard InChI is InChI=1S/C18H28N2O2/c1-20(2)12-11-19-14-13-18(9-4-5-10-18)22-16-8-6-7-15(21-3)17(14)16/h6-8,14,19H,4-5,9-13H2,1-3H3. The van der Waals surface area contributed by atoms with Crippen LogP contribution in [0.5, 0.6) is 11.5 Å². The molecule has 1 fully saturated rings. The van der Waals surface area contributed by atoms with Crippen LogP contribution in [0.3, 0.4) is 0 Å². The fourth-order valence-electron chi connectivity index (χ4n) is 3.85. The van der Waals surface area contributed by atoms with Crippen molar-refractivity contribution in [1.29, 1.82) is 0 Å². The van der Waals surface area contributed by atoms with E-state index in [9.17, 15) is 0 Å². The summed E-state index contributed by atoms with van der Waals surface area (Å²) in [7, 11) is 5.96. The summed E-state index contributed by atoms with van der Waals surface area (Å²) >= 11 is 0. The van der Waals surface area contributed by atoms with Crippen LogP contribution in [0, 0.1) is 0 Å². The van der Waals surface area contributed by atoms with Crippen molar-refractivity contribution >= 4 is 0 Å². The van der Waals surface area contributed by atoms with E-state index in [1.54, 1.807) is 7.11 Å². The molecule has 3 rings (SSSR count). The fourth-order valence-corrected chi connectivity index (χ4v) is 3.85. The van der Waals surface area contributed by atoms with Crippen LogP contribution >= 0.6 is 0 Å². The minimum absolute atomic E-state index is 0.0369. The monoisotopic (exact) mass is 304 g/mol. The Kier molecular flexibility index (Phi) is 4.59. The van der Waals surface area contributed by atoms with Crippen molar-refractivity contribution in [3.8, 4) is 11.5 Å². The Labute approximate surface area is 133 Å². The molecule has 22 heavy (non-hydrogen) atoms. The predicted molar refractivity (Wildman–Crippen MR) is 88.7 cm³/mol. The van der Waals surface area contributed by atoms with E-state index in [1.807, 2.05) is 12.1 Å². The molecular formula is C18H28N2O2. The number of nitrogens with zero attached hydrogens (tertiary/aromatic N) is 1. The number of hydrogen-bond acceptors (Lipinski definition) is 4. The number of fused-ring (bicyclic) bond motifs is 1. The van der Waals surface area contributed by atoms with E-state index in [1.165, 1.54) is 31.2 Å². The third-order valence-corrected chi connectivity index (χ3v) is 4.96. The lowest BCUT2D eigenvalue weighted by molar-refractivity contribution is 0.0356. The van der Waals surface area contributed by atoms with E-state index in [2.05, 4.69) is 30.4 Å². The first-order valence-electron chi connectivity index (χ1n) is 8.38. The molecule has 1 heterocycles. The summed E-state index contributed by atoms with van der Waals surface area (Å²) in [6.07, 6.45) is 5.96.